The van der Waals surface area contributed by atoms with E-state index in [-0.39, 0.29) is 6.10 Å². The molecule has 1 amide bonds. The molecular formula is C9H15NO2. The Hall–Kier alpha value is -0.990. The predicted octanol–water partition coefficient (Wildman–Crippen LogP) is 1.97. The van der Waals surface area contributed by atoms with Gasteiger partial charge in [0.2, 0.25) is 0 Å². The van der Waals surface area contributed by atoms with Crippen LogP contribution in [-0.2, 0) is 4.74 Å². The maximum Gasteiger partial charge on any atom is 0.405 e. The summed E-state index contributed by atoms with van der Waals surface area (Å²) in [6.45, 7) is 0. The van der Waals surface area contributed by atoms with Crippen LogP contribution >= 0.6 is 0 Å². The average molecular weight is 169 g/mol. The topological polar surface area (TPSA) is 52.3 Å². The highest BCUT2D eigenvalue weighted by molar-refractivity contribution is 5.65. The summed E-state index contributed by atoms with van der Waals surface area (Å²) in [6.07, 6.45) is 8.77. The van der Waals surface area contributed by atoms with Crippen LogP contribution in [0.2, 0.25) is 0 Å². The van der Waals surface area contributed by atoms with E-state index in [1.54, 1.807) is 0 Å². The molecule has 0 saturated heterocycles. The largest absolute Gasteiger partial charge is 0.442 e. The van der Waals surface area contributed by atoms with E-state index in [0.717, 1.165) is 19.3 Å². The Labute approximate surface area is 72.6 Å². The first-order chi connectivity index (χ1) is 5.79. The zero-order valence-corrected chi connectivity index (χ0v) is 7.16. The van der Waals surface area contributed by atoms with Gasteiger partial charge in [0.15, 0.2) is 0 Å². The Morgan fingerprint density at radius 2 is 2.25 bits per heavy atom. The lowest BCUT2D eigenvalue weighted by Gasteiger charge is -2.14. The molecule has 0 aliphatic heterocycles. The number of rotatable bonds is 1. The second-order valence-electron chi connectivity index (χ2n) is 3.04. The molecule has 1 rings (SSSR count). The van der Waals surface area contributed by atoms with Crippen molar-refractivity contribution in [3.8, 4) is 0 Å². The van der Waals surface area contributed by atoms with E-state index < -0.39 is 6.09 Å². The van der Waals surface area contributed by atoms with Crippen LogP contribution in [0.4, 0.5) is 4.79 Å². The summed E-state index contributed by atoms with van der Waals surface area (Å²) in [4.78, 5) is 10.4. The van der Waals surface area contributed by atoms with Gasteiger partial charge in [0, 0.05) is 0 Å². The van der Waals surface area contributed by atoms with Gasteiger partial charge in [-0.2, -0.15) is 0 Å². The van der Waals surface area contributed by atoms with Gasteiger partial charge >= 0.3 is 6.09 Å². The van der Waals surface area contributed by atoms with E-state index in [1.807, 2.05) is 6.08 Å². The molecule has 68 valence electrons. The molecule has 3 heteroatoms. The molecule has 0 fully saturated rings. The van der Waals surface area contributed by atoms with E-state index in [4.69, 9.17) is 10.5 Å². The molecule has 0 bridgehead atoms. The third-order valence-corrected chi connectivity index (χ3v) is 1.98. The van der Waals surface area contributed by atoms with Crippen molar-refractivity contribution in [1.82, 2.24) is 0 Å². The minimum absolute atomic E-state index is 0.0946. The van der Waals surface area contributed by atoms with Crippen LogP contribution in [0.1, 0.15) is 32.1 Å². The number of ether oxygens (including phenoxy) is 1. The molecule has 0 saturated carbocycles. The predicted molar refractivity (Wildman–Crippen MR) is 46.7 cm³/mol. The van der Waals surface area contributed by atoms with Crippen molar-refractivity contribution in [3.05, 3.63) is 12.2 Å². The van der Waals surface area contributed by atoms with Gasteiger partial charge in [-0.05, 0) is 31.8 Å². The van der Waals surface area contributed by atoms with Crippen LogP contribution in [-0.4, -0.2) is 12.2 Å². The number of hydrogen-bond acceptors (Lipinski definition) is 2. The van der Waals surface area contributed by atoms with Crippen molar-refractivity contribution >= 4 is 6.09 Å². The molecule has 0 aromatic carbocycles. The van der Waals surface area contributed by atoms with Crippen molar-refractivity contribution in [1.29, 1.82) is 0 Å². The Kier molecular flexibility index (Phi) is 3.64. The first kappa shape index (κ1) is 9.10. The Morgan fingerprint density at radius 3 is 3.00 bits per heavy atom. The lowest BCUT2D eigenvalue weighted by atomic mass is 10.0. The summed E-state index contributed by atoms with van der Waals surface area (Å²) in [7, 11) is 0. The molecule has 0 spiro atoms. The fourth-order valence-electron chi connectivity index (χ4n) is 1.38. The molecule has 1 aliphatic rings. The van der Waals surface area contributed by atoms with E-state index in [1.165, 1.54) is 12.8 Å². The third kappa shape index (κ3) is 3.42. The smallest absolute Gasteiger partial charge is 0.405 e. The molecule has 0 aromatic rings. The molecule has 0 unspecified atom stereocenters. The van der Waals surface area contributed by atoms with Gasteiger partial charge < -0.3 is 10.5 Å². The van der Waals surface area contributed by atoms with Gasteiger partial charge in [0.1, 0.15) is 6.10 Å². The SMILES string of the molecule is NC(=O)O[C@H]1/C=C/CCCCC1. The van der Waals surface area contributed by atoms with Gasteiger partial charge in [-0.1, -0.05) is 12.5 Å². The van der Waals surface area contributed by atoms with E-state index in [2.05, 4.69) is 6.08 Å². The highest BCUT2D eigenvalue weighted by Gasteiger charge is 2.09. The summed E-state index contributed by atoms with van der Waals surface area (Å²) in [5.41, 5.74) is 4.92. The van der Waals surface area contributed by atoms with Gasteiger partial charge in [0.25, 0.3) is 0 Å². The number of nitrogens with two attached hydrogens (primary N) is 1. The molecule has 3 nitrogen and oxygen atoms in total. The zero-order valence-electron chi connectivity index (χ0n) is 7.16. The van der Waals surface area contributed by atoms with Gasteiger partial charge in [-0.3, -0.25) is 0 Å². The van der Waals surface area contributed by atoms with E-state index in [0.29, 0.717) is 0 Å². The molecule has 1 aliphatic carbocycles. The molecular weight excluding hydrogens is 154 g/mol. The zero-order chi connectivity index (χ0) is 8.81. The van der Waals surface area contributed by atoms with Crippen molar-refractivity contribution in [2.75, 3.05) is 0 Å². The number of hydrogen-bond donors (Lipinski definition) is 1. The van der Waals surface area contributed by atoms with Crippen LogP contribution in [0.25, 0.3) is 0 Å². The van der Waals surface area contributed by atoms with Crippen LogP contribution in [0.15, 0.2) is 12.2 Å². The van der Waals surface area contributed by atoms with Crippen molar-refractivity contribution in [2.24, 2.45) is 5.73 Å². The lowest BCUT2D eigenvalue weighted by Crippen LogP contribution is -2.21. The van der Waals surface area contributed by atoms with Crippen LogP contribution < -0.4 is 5.73 Å². The normalized spacial score (nSPS) is 26.8. The second-order valence-corrected chi connectivity index (χ2v) is 3.04. The monoisotopic (exact) mass is 169 g/mol. The standard InChI is InChI=1S/C9H15NO2/c10-9(11)12-8-6-4-2-1-3-5-7-8/h4,6,8H,1-3,5,7H2,(H2,10,11)/b6-4+/t8-/m0/s1. The average Bonchev–Trinajstić information content (AvgIpc) is 1.93. The lowest BCUT2D eigenvalue weighted by molar-refractivity contribution is 0.123. The molecule has 0 aromatic heterocycles. The molecule has 0 radical (unpaired) electrons. The number of amides is 1. The summed E-state index contributed by atoms with van der Waals surface area (Å²) in [5, 5.41) is 0. The second kappa shape index (κ2) is 4.80. The van der Waals surface area contributed by atoms with Crippen LogP contribution in [0.3, 0.4) is 0 Å². The summed E-state index contributed by atoms with van der Waals surface area (Å²) < 4.78 is 4.88. The van der Waals surface area contributed by atoms with Crippen molar-refractivity contribution in [3.63, 3.8) is 0 Å². The van der Waals surface area contributed by atoms with Crippen molar-refractivity contribution in [2.45, 2.75) is 38.2 Å². The number of carbonyl (C=O) groups excluding carboxylic acids is 1. The van der Waals surface area contributed by atoms with Gasteiger partial charge in [-0.25, -0.2) is 4.79 Å². The molecule has 12 heavy (non-hydrogen) atoms. The number of primary amides is 1. The number of allylic oxidation sites excluding steroid dienone is 1. The Bertz CT molecular complexity index is 177. The quantitative estimate of drug-likeness (QED) is 0.610. The maximum absolute atomic E-state index is 10.4. The Morgan fingerprint density at radius 1 is 1.42 bits per heavy atom. The maximum atomic E-state index is 10.4. The first-order valence-corrected chi connectivity index (χ1v) is 4.42. The fourth-order valence-corrected chi connectivity index (χ4v) is 1.38. The van der Waals surface area contributed by atoms with Crippen LogP contribution in [0, 0.1) is 0 Å². The highest BCUT2D eigenvalue weighted by atomic mass is 16.6. The summed E-state index contributed by atoms with van der Waals surface area (Å²) >= 11 is 0. The first-order valence-electron chi connectivity index (χ1n) is 4.42. The Balaban J connectivity index is 2.38. The highest BCUT2D eigenvalue weighted by Crippen LogP contribution is 2.13. The minimum atomic E-state index is -0.676. The molecule has 2 N–H and O–H groups in total. The summed E-state index contributed by atoms with van der Waals surface area (Å²) in [6, 6.07) is 0. The van der Waals surface area contributed by atoms with Crippen molar-refractivity contribution < 1.29 is 9.53 Å². The fraction of sp³-hybridized carbons (Fsp3) is 0.667. The van der Waals surface area contributed by atoms with Crippen LogP contribution in [0.5, 0.6) is 0 Å². The number of carbonyl (C=O) groups is 1. The molecule has 1 atom stereocenters. The molecule has 0 heterocycles. The van der Waals surface area contributed by atoms with Gasteiger partial charge in [0.05, 0.1) is 0 Å². The summed E-state index contributed by atoms with van der Waals surface area (Å²) in [5.74, 6) is 0. The third-order valence-electron chi connectivity index (χ3n) is 1.98. The van der Waals surface area contributed by atoms with Gasteiger partial charge in [-0.15, -0.1) is 0 Å². The van der Waals surface area contributed by atoms with E-state index in [9.17, 15) is 4.79 Å². The van der Waals surface area contributed by atoms with E-state index >= 15 is 0 Å². The minimum Gasteiger partial charge on any atom is -0.442 e.